The Morgan fingerprint density at radius 2 is 2.00 bits per heavy atom. The molecule has 12 heavy (non-hydrogen) atoms. The van der Waals surface area contributed by atoms with E-state index in [1.807, 2.05) is 0 Å². The van der Waals surface area contributed by atoms with Crippen molar-refractivity contribution in [2.24, 2.45) is 0 Å². The molecule has 0 unspecified atom stereocenters. The number of benzene rings is 1. The summed E-state index contributed by atoms with van der Waals surface area (Å²) in [6, 6.07) is 6.94. The van der Waals surface area contributed by atoms with Gasteiger partial charge in [-0.15, -0.1) is 0 Å². The standard InChI is InChI=1S/C6H4N3.2O.Ti/c1-2-4-6-5(3-1)7-9-8-6;;;/h1-4H;;;/q-1;;;+1. The summed E-state index contributed by atoms with van der Waals surface area (Å²) in [6.45, 7) is 0. The molecule has 6 heteroatoms. The summed E-state index contributed by atoms with van der Waals surface area (Å²) in [5, 5.41) is 7.21. The first-order valence-electron chi connectivity index (χ1n) is 3.31. The van der Waals surface area contributed by atoms with Gasteiger partial charge in [0.1, 0.15) is 0 Å². The molecule has 0 saturated heterocycles. The van der Waals surface area contributed by atoms with Gasteiger partial charge in [-0.05, 0) is 0 Å². The Morgan fingerprint density at radius 1 is 1.25 bits per heavy atom. The molecule has 0 amide bonds. The quantitative estimate of drug-likeness (QED) is 0.626. The van der Waals surface area contributed by atoms with E-state index in [1.54, 1.807) is 24.3 Å². The minimum atomic E-state index is -3.64. The molecule has 1 aromatic heterocycles. The van der Waals surface area contributed by atoms with Crippen LogP contribution in [0.4, 0.5) is 0 Å². The third kappa shape index (κ3) is 1.07. The van der Waals surface area contributed by atoms with Crippen molar-refractivity contribution in [1.29, 1.82) is 0 Å². The molecule has 0 bridgehead atoms. The molecule has 2 aromatic rings. The van der Waals surface area contributed by atoms with Crippen LogP contribution in [-0.2, 0) is 24.7 Å². The van der Waals surface area contributed by atoms with E-state index < -0.39 is 18.1 Å². The Balaban J connectivity index is 2.87. The van der Waals surface area contributed by atoms with Gasteiger partial charge in [-0.3, -0.25) is 0 Å². The summed E-state index contributed by atoms with van der Waals surface area (Å²) in [5.41, 5.74) is 1.16. The zero-order valence-electron chi connectivity index (χ0n) is 5.97. The van der Waals surface area contributed by atoms with Crippen molar-refractivity contribution in [2.75, 3.05) is 0 Å². The van der Waals surface area contributed by atoms with E-state index in [9.17, 15) is 6.65 Å². The summed E-state index contributed by atoms with van der Waals surface area (Å²) in [4.78, 5) is 0. The van der Waals surface area contributed by atoms with E-state index in [0.717, 1.165) is 3.16 Å². The van der Waals surface area contributed by atoms with E-state index in [-0.39, 0.29) is 0 Å². The van der Waals surface area contributed by atoms with Crippen LogP contribution in [0.5, 0.6) is 0 Å². The number of hydrogen-bond donors (Lipinski definition) is 0. The first-order valence-corrected chi connectivity index (χ1v) is 5.28. The molecule has 0 aliphatic rings. The first kappa shape index (κ1) is 7.58. The number of aromatic nitrogens is 3. The Morgan fingerprint density at radius 3 is 2.75 bits per heavy atom. The molecule has 0 saturated carbocycles. The molecule has 0 radical (unpaired) electrons. The van der Waals surface area contributed by atoms with Crippen LogP contribution in [0, 0.1) is 0 Å². The van der Waals surface area contributed by atoms with Crippen LogP contribution in [0.2, 0.25) is 0 Å². The topological polar surface area (TPSA) is 64.8 Å². The Labute approximate surface area is 73.8 Å². The number of fused-ring (bicyclic) bond motifs is 1. The Hall–Kier alpha value is -1.07. The summed E-state index contributed by atoms with van der Waals surface area (Å²) in [6.07, 6.45) is 0. The fourth-order valence-electron chi connectivity index (χ4n) is 1.00. The van der Waals surface area contributed by atoms with Gasteiger partial charge in [0.25, 0.3) is 0 Å². The number of para-hydroxylation sites is 1. The molecular weight excluding hydrogens is 194 g/mol. The molecule has 0 N–H and O–H groups in total. The van der Waals surface area contributed by atoms with E-state index in [4.69, 9.17) is 0 Å². The number of rotatable bonds is 1. The van der Waals surface area contributed by atoms with Gasteiger partial charge in [0.05, 0.1) is 0 Å². The second-order valence-electron chi connectivity index (χ2n) is 2.26. The van der Waals surface area contributed by atoms with Gasteiger partial charge < -0.3 is 0 Å². The van der Waals surface area contributed by atoms with Crippen LogP contribution in [0.3, 0.4) is 0 Å². The summed E-state index contributed by atoms with van der Waals surface area (Å²) >= 11 is -3.64. The molecule has 2 rings (SSSR count). The van der Waals surface area contributed by atoms with Crippen molar-refractivity contribution in [2.45, 2.75) is 0 Å². The fraction of sp³-hybridized carbons (Fsp3) is 0. The van der Waals surface area contributed by atoms with Crippen LogP contribution in [0.1, 0.15) is 0 Å². The molecule has 0 aliphatic carbocycles. The SMILES string of the molecule is [O]=[Ti](=[O])[n]1nnc2ccccc21. The van der Waals surface area contributed by atoms with E-state index in [2.05, 4.69) is 10.3 Å². The van der Waals surface area contributed by atoms with Crippen LogP contribution in [-0.4, -0.2) is 13.5 Å². The van der Waals surface area contributed by atoms with Gasteiger partial charge >= 0.3 is 73.5 Å². The van der Waals surface area contributed by atoms with Crippen molar-refractivity contribution in [1.82, 2.24) is 13.5 Å². The molecule has 5 nitrogen and oxygen atoms in total. The van der Waals surface area contributed by atoms with Crippen molar-refractivity contribution in [3.63, 3.8) is 0 Å². The molecule has 0 atom stereocenters. The minimum absolute atomic E-state index is 0.553. The third-order valence-corrected chi connectivity index (χ3v) is 2.58. The van der Waals surface area contributed by atoms with Crippen LogP contribution < -0.4 is 0 Å². The predicted octanol–water partition coefficient (Wildman–Crippen LogP) is 0.504. The molecular formula is C6H4N3O2Ti. The zero-order chi connectivity index (χ0) is 8.55. The average Bonchev–Trinajstić information content (AvgIpc) is 2.47. The van der Waals surface area contributed by atoms with Crippen LogP contribution in [0.15, 0.2) is 24.3 Å². The Kier molecular flexibility index (Phi) is 1.75. The van der Waals surface area contributed by atoms with Crippen LogP contribution in [0.25, 0.3) is 11.0 Å². The predicted molar refractivity (Wildman–Crippen MR) is 34.3 cm³/mol. The molecule has 1 heterocycles. The maximum absolute atomic E-state index is 10.7. The summed E-state index contributed by atoms with van der Waals surface area (Å²) < 4.78 is 22.3. The second-order valence-corrected chi connectivity index (χ2v) is 3.75. The van der Waals surface area contributed by atoms with Gasteiger partial charge in [0.2, 0.25) is 0 Å². The normalized spacial score (nSPS) is 10.3. The van der Waals surface area contributed by atoms with Crippen molar-refractivity contribution in [3.8, 4) is 0 Å². The van der Waals surface area contributed by atoms with Crippen molar-refractivity contribution in [3.05, 3.63) is 24.3 Å². The second kappa shape index (κ2) is 2.77. The third-order valence-electron chi connectivity index (χ3n) is 1.52. The first-order chi connectivity index (χ1) is 5.79. The maximum atomic E-state index is 10.7. The van der Waals surface area contributed by atoms with Crippen LogP contribution >= 0.6 is 0 Å². The zero-order valence-corrected chi connectivity index (χ0v) is 7.53. The van der Waals surface area contributed by atoms with E-state index >= 15 is 0 Å². The van der Waals surface area contributed by atoms with Gasteiger partial charge in [0, 0.05) is 0 Å². The van der Waals surface area contributed by atoms with Crippen molar-refractivity contribution < 1.29 is 24.7 Å². The monoisotopic (exact) mass is 198 g/mol. The molecule has 0 spiro atoms. The summed E-state index contributed by atoms with van der Waals surface area (Å²) in [5.74, 6) is 0. The number of nitrogens with zero attached hydrogens (tertiary/aromatic N) is 3. The number of hydrogen-bond acceptors (Lipinski definition) is 4. The van der Waals surface area contributed by atoms with Gasteiger partial charge in [-0.1, -0.05) is 0 Å². The molecule has 59 valence electrons. The van der Waals surface area contributed by atoms with E-state index in [1.165, 1.54) is 0 Å². The average molecular weight is 198 g/mol. The van der Waals surface area contributed by atoms with Gasteiger partial charge in [0.15, 0.2) is 0 Å². The molecule has 0 aliphatic heterocycles. The molecule has 0 fully saturated rings. The Bertz CT molecular complexity index is 480. The fourth-order valence-corrected chi connectivity index (χ4v) is 1.79. The van der Waals surface area contributed by atoms with E-state index in [0.29, 0.717) is 11.0 Å². The van der Waals surface area contributed by atoms with Gasteiger partial charge in [-0.2, -0.15) is 0 Å². The van der Waals surface area contributed by atoms with Crippen molar-refractivity contribution >= 4 is 11.0 Å². The molecule has 1 aromatic carbocycles. The summed E-state index contributed by atoms with van der Waals surface area (Å²) in [7, 11) is 0. The van der Waals surface area contributed by atoms with Gasteiger partial charge in [-0.25, -0.2) is 0 Å².